The molecule has 0 aliphatic heterocycles. The molecule has 0 aliphatic carbocycles. The molecule has 2 amide bonds. The molecule has 1 unspecified atom stereocenters. The third kappa shape index (κ3) is 6.48. The first-order valence-corrected chi connectivity index (χ1v) is 8.10. The van der Waals surface area contributed by atoms with Crippen LogP contribution < -0.4 is 10.6 Å². The number of nitrogens with one attached hydrogen (secondary N) is 2. The number of amides is 2. The van der Waals surface area contributed by atoms with Crippen molar-refractivity contribution in [3.05, 3.63) is 35.4 Å². The van der Waals surface area contributed by atoms with Gasteiger partial charge >= 0.3 is 6.03 Å². The molecule has 1 rings (SSSR count). The maximum atomic E-state index is 12.0. The lowest BCUT2D eigenvalue weighted by Gasteiger charge is -2.22. The number of aliphatic hydroxyl groups is 1. The van der Waals surface area contributed by atoms with Gasteiger partial charge in [0.05, 0.1) is 6.04 Å². The van der Waals surface area contributed by atoms with Crippen molar-refractivity contribution in [3.63, 3.8) is 0 Å². The van der Waals surface area contributed by atoms with E-state index in [9.17, 15) is 9.90 Å². The van der Waals surface area contributed by atoms with Crippen molar-refractivity contribution in [2.45, 2.75) is 53.0 Å². The van der Waals surface area contributed by atoms with Gasteiger partial charge in [0.2, 0.25) is 0 Å². The zero-order valence-electron chi connectivity index (χ0n) is 14.3. The van der Waals surface area contributed by atoms with Crippen molar-refractivity contribution in [3.8, 4) is 0 Å². The fourth-order valence-electron chi connectivity index (χ4n) is 2.28. The number of carbonyl (C=O) groups excluding carboxylic acids is 1. The number of benzene rings is 1. The summed E-state index contributed by atoms with van der Waals surface area (Å²) in [6.45, 7) is 8.96. The molecule has 1 aromatic rings. The van der Waals surface area contributed by atoms with Crippen LogP contribution in [0.25, 0.3) is 0 Å². The van der Waals surface area contributed by atoms with Crippen molar-refractivity contribution in [1.82, 2.24) is 10.6 Å². The molecule has 0 fully saturated rings. The van der Waals surface area contributed by atoms with Gasteiger partial charge in [0.15, 0.2) is 0 Å². The number of hydrogen-bond donors (Lipinski definition) is 3. The Morgan fingerprint density at radius 2 is 1.91 bits per heavy atom. The van der Waals surface area contributed by atoms with E-state index in [0.717, 1.165) is 24.8 Å². The van der Waals surface area contributed by atoms with E-state index in [1.54, 1.807) is 0 Å². The molecule has 124 valence electrons. The van der Waals surface area contributed by atoms with Crippen LogP contribution in [0.4, 0.5) is 4.79 Å². The molecule has 3 N–H and O–H groups in total. The Kier molecular flexibility index (Phi) is 7.39. The molecule has 4 heteroatoms. The summed E-state index contributed by atoms with van der Waals surface area (Å²) in [4.78, 5) is 12.0. The topological polar surface area (TPSA) is 61.4 Å². The van der Waals surface area contributed by atoms with E-state index in [1.165, 1.54) is 5.56 Å². The summed E-state index contributed by atoms with van der Waals surface area (Å²) >= 11 is 0. The lowest BCUT2D eigenvalue weighted by molar-refractivity contribution is 0.148. The minimum Gasteiger partial charge on any atom is -0.396 e. The van der Waals surface area contributed by atoms with Crippen molar-refractivity contribution >= 4 is 6.03 Å². The summed E-state index contributed by atoms with van der Waals surface area (Å²) < 4.78 is 0. The van der Waals surface area contributed by atoms with Crippen LogP contribution >= 0.6 is 0 Å². The third-order valence-corrected chi connectivity index (χ3v) is 3.94. The summed E-state index contributed by atoms with van der Waals surface area (Å²) in [5.41, 5.74) is 2.27. The van der Waals surface area contributed by atoms with E-state index in [2.05, 4.69) is 48.7 Å². The van der Waals surface area contributed by atoms with Gasteiger partial charge in [0.1, 0.15) is 0 Å². The molecule has 0 radical (unpaired) electrons. The molecule has 22 heavy (non-hydrogen) atoms. The summed E-state index contributed by atoms with van der Waals surface area (Å²) in [6.07, 6.45) is 2.61. The molecule has 1 atom stereocenters. The number of aryl methyl sites for hydroxylation is 1. The van der Waals surface area contributed by atoms with Gasteiger partial charge in [-0.1, -0.05) is 50.6 Å². The zero-order valence-corrected chi connectivity index (χ0v) is 14.3. The van der Waals surface area contributed by atoms with Crippen LogP contribution in [-0.4, -0.2) is 24.3 Å². The Morgan fingerprint density at radius 3 is 2.45 bits per heavy atom. The number of rotatable bonds is 8. The second-order valence-electron chi connectivity index (χ2n) is 6.70. The molecular formula is C18H30N2O2. The van der Waals surface area contributed by atoms with E-state index < -0.39 is 0 Å². The van der Waals surface area contributed by atoms with Gasteiger partial charge in [-0.15, -0.1) is 0 Å². The Bertz CT molecular complexity index is 455. The highest BCUT2D eigenvalue weighted by atomic mass is 16.3. The second kappa shape index (κ2) is 8.79. The van der Waals surface area contributed by atoms with Crippen LogP contribution in [0, 0.1) is 12.3 Å². The average molecular weight is 306 g/mol. The SMILES string of the molecule is CCC(NC(=O)NCCCC(C)(C)CO)c1ccc(C)cc1. The zero-order chi connectivity index (χ0) is 16.6. The third-order valence-electron chi connectivity index (χ3n) is 3.94. The maximum absolute atomic E-state index is 12.0. The molecule has 1 aromatic carbocycles. The van der Waals surface area contributed by atoms with Crippen molar-refractivity contribution in [2.24, 2.45) is 5.41 Å². The van der Waals surface area contributed by atoms with Gasteiger partial charge in [-0.05, 0) is 37.2 Å². The normalized spacial score (nSPS) is 12.8. The highest BCUT2D eigenvalue weighted by Crippen LogP contribution is 2.20. The molecule has 0 saturated carbocycles. The molecular weight excluding hydrogens is 276 g/mol. The van der Waals surface area contributed by atoms with Gasteiger partial charge in [-0.25, -0.2) is 4.79 Å². The van der Waals surface area contributed by atoms with E-state index in [-0.39, 0.29) is 24.1 Å². The molecule has 0 bridgehead atoms. The Morgan fingerprint density at radius 1 is 1.27 bits per heavy atom. The van der Waals surface area contributed by atoms with Crippen molar-refractivity contribution in [1.29, 1.82) is 0 Å². The van der Waals surface area contributed by atoms with E-state index in [1.807, 2.05) is 13.8 Å². The Labute approximate surface area is 134 Å². The molecule has 0 aromatic heterocycles. The number of hydrogen-bond acceptors (Lipinski definition) is 2. The fraction of sp³-hybridized carbons (Fsp3) is 0.611. The van der Waals surface area contributed by atoms with Crippen LogP contribution in [-0.2, 0) is 0 Å². The standard InChI is InChI=1S/C18H30N2O2/c1-5-16(15-9-7-14(2)8-10-15)20-17(22)19-12-6-11-18(3,4)13-21/h7-10,16,21H,5-6,11-13H2,1-4H3,(H2,19,20,22). The van der Waals surface area contributed by atoms with E-state index in [0.29, 0.717) is 6.54 Å². The summed E-state index contributed by atoms with van der Waals surface area (Å²) in [7, 11) is 0. The quantitative estimate of drug-likeness (QED) is 0.643. The first kappa shape index (κ1) is 18.5. The predicted octanol–water partition coefficient (Wildman–Crippen LogP) is 3.54. The molecule has 0 spiro atoms. The van der Waals surface area contributed by atoms with Crippen LogP contribution in [0.5, 0.6) is 0 Å². The van der Waals surface area contributed by atoms with E-state index in [4.69, 9.17) is 0 Å². The molecule has 0 heterocycles. The Balaban J connectivity index is 2.38. The lowest BCUT2D eigenvalue weighted by Crippen LogP contribution is -2.38. The number of carbonyl (C=O) groups is 1. The minimum atomic E-state index is -0.130. The number of aliphatic hydroxyl groups excluding tert-OH is 1. The highest BCUT2D eigenvalue weighted by molar-refractivity contribution is 5.74. The lowest BCUT2D eigenvalue weighted by atomic mass is 9.89. The van der Waals surface area contributed by atoms with Gasteiger partial charge in [0.25, 0.3) is 0 Å². The summed E-state index contributed by atoms with van der Waals surface area (Å²) in [5.74, 6) is 0. The van der Waals surface area contributed by atoms with Crippen LogP contribution in [0.3, 0.4) is 0 Å². The Hall–Kier alpha value is -1.55. The van der Waals surface area contributed by atoms with Crippen molar-refractivity contribution in [2.75, 3.05) is 13.2 Å². The first-order valence-electron chi connectivity index (χ1n) is 8.10. The smallest absolute Gasteiger partial charge is 0.315 e. The van der Waals surface area contributed by atoms with Crippen molar-refractivity contribution < 1.29 is 9.90 Å². The largest absolute Gasteiger partial charge is 0.396 e. The van der Waals surface area contributed by atoms with Gasteiger partial charge in [0, 0.05) is 13.2 Å². The van der Waals surface area contributed by atoms with Crippen LogP contribution in [0.15, 0.2) is 24.3 Å². The first-order chi connectivity index (χ1) is 10.4. The number of urea groups is 1. The average Bonchev–Trinajstić information content (AvgIpc) is 2.50. The maximum Gasteiger partial charge on any atom is 0.315 e. The molecule has 0 aliphatic rings. The molecule has 0 saturated heterocycles. The highest BCUT2D eigenvalue weighted by Gasteiger charge is 2.16. The predicted molar refractivity (Wildman–Crippen MR) is 90.8 cm³/mol. The van der Waals surface area contributed by atoms with Gasteiger partial charge < -0.3 is 15.7 Å². The molecule has 4 nitrogen and oxygen atoms in total. The van der Waals surface area contributed by atoms with Crippen LogP contribution in [0.1, 0.15) is 57.2 Å². The van der Waals surface area contributed by atoms with Gasteiger partial charge in [-0.2, -0.15) is 0 Å². The summed E-state index contributed by atoms with van der Waals surface area (Å²) in [5, 5.41) is 15.1. The second-order valence-corrected chi connectivity index (χ2v) is 6.70. The monoisotopic (exact) mass is 306 g/mol. The fourth-order valence-corrected chi connectivity index (χ4v) is 2.28. The summed E-state index contributed by atoms with van der Waals surface area (Å²) in [6, 6.07) is 8.16. The van der Waals surface area contributed by atoms with Crippen LogP contribution in [0.2, 0.25) is 0 Å². The van der Waals surface area contributed by atoms with Gasteiger partial charge in [-0.3, -0.25) is 0 Å². The minimum absolute atomic E-state index is 0.0366. The van der Waals surface area contributed by atoms with E-state index >= 15 is 0 Å².